The van der Waals surface area contributed by atoms with E-state index in [0.717, 1.165) is 38.5 Å². The number of amides is 3. The first kappa shape index (κ1) is 18.9. The Morgan fingerprint density at radius 3 is 2.26 bits per heavy atom. The highest BCUT2D eigenvalue weighted by Crippen LogP contribution is 2.40. The van der Waals surface area contributed by atoms with Gasteiger partial charge in [0, 0.05) is 25.2 Å². The molecule has 7 nitrogen and oxygen atoms in total. The second-order valence-electron chi connectivity index (χ2n) is 6.01. The van der Waals surface area contributed by atoms with Crippen LogP contribution in [0.15, 0.2) is 12.2 Å². The zero-order valence-electron chi connectivity index (χ0n) is 13.4. The summed E-state index contributed by atoms with van der Waals surface area (Å²) in [6.45, 7) is 2.91. The highest BCUT2D eigenvalue weighted by molar-refractivity contribution is 6.12. The normalized spacial score (nSPS) is 18.0. The van der Waals surface area contributed by atoms with Gasteiger partial charge in [0.2, 0.25) is 6.41 Å². The Morgan fingerprint density at radius 1 is 1.26 bits per heavy atom. The number of carbonyl (C=O) groups excluding carboxylic acids is 3. The molecule has 0 unspecified atom stereocenters. The van der Waals surface area contributed by atoms with E-state index in [0.29, 0.717) is 19.5 Å². The largest absolute Gasteiger partial charge is 0.481 e. The first-order valence-electron chi connectivity index (χ1n) is 7.85. The highest BCUT2D eigenvalue weighted by Gasteiger charge is 2.39. The van der Waals surface area contributed by atoms with Crippen LogP contribution < -0.4 is 5.32 Å². The summed E-state index contributed by atoms with van der Waals surface area (Å²) in [7, 11) is 0. The number of nitrogens with zero attached hydrogens (tertiary/aromatic N) is 1. The number of hydrogen-bond acceptors (Lipinski definition) is 4. The molecule has 128 valence electrons. The van der Waals surface area contributed by atoms with Gasteiger partial charge in [-0.05, 0) is 39.0 Å². The number of unbranched alkanes of at least 4 members (excludes halogenated alkanes) is 2. The molecule has 7 heteroatoms. The van der Waals surface area contributed by atoms with E-state index >= 15 is 0 Å². The molecule has 3 amide bonds. The summed E-state index contributed by atoms with van der Waals surface area (Å²) in [5.41, 5.74) is -0.361. The van der Waals surface area contributed by atoms with Gasteiger partial charge in [0.1, 0.15) is 0 Å². The van der Waals surface area contributed by atoms with Gasteiger partial charge in [0.05, 0.1) is 5.41 Å². The topological polar surface area (TPSA) is 104 Å². The van der Waals surface area contributed by atoms with Crippen LogP contribution in [-0.4, -0.2) is 47.3 Å². The molecular formula is C16H24N2O5. The third kappa shape index (κ3) is 5.84. The Balaban J connectivity index is 0.000000277. The van der Waals surface area contributed by atoms with Crippen LogP contribution in [0.25, 0.3) is 0 Å². The van der Waals surface area contributed by atoms with Gasteiger partial charge in [-0.2, -0.15) is 0 Å². The van der Waals surface area contributed by atoms with E-state index in [1.807, 2.05) is 0 Å². The monoisotopic (exact) mass is 324 g/mol. The highest BCUT2D eigenvalue weighted by atomic mass is 16.4. The van der Waals surface area contributed by atoms with Crippen LogP contribution in [0.1, 0.15) is 45.4 Å². The van der Waals surface area contributed by atoms with Crippen molar-refractivity contribution in [3.63, 3.8) is 0 Å². The fourth-order valence-corrected chi connectivity index (χ4v) is 2.31. The van der Waals surface area contributed by atoms with Gasteiger partial charge in [-0.15, -0.1) is 0 Å². The first-order chi connectivity index (χ1) is 10.9. The van der Waals surface area contributed by atoms with Gasteiger partial charge in [-0.1, -0.05) is 6.42 Å². The number of aliphatic carboxylic acids is 1. The van der Waals surface area contributed by atoms with Crippen molar-refractivity contribution in [2.75, 3.05) is 13.1 Å². The van der Waals surface area contributed by atoms with Crippen molar-refractivity contribution in [3.05, 3.63) is 12.2 Å². The third-order valence-corrected chi connectivity index (χ3v) is 4.16. The van der Waals surface area contributed by atoms with Crippen molar-refractivity contribution < 1.29 is 24.3 Å². The molecule has 0 aromatic heterocycles. The molecule has 1 saturated carbocycles. The van der Waals surface area contributed by atoms with Gasteiger partial charge >= 0.3 is 5.97 Å². The number of carbonyl (C=O) groups is 4. The molecule has 0 aromatic carbocycles. The zero-order chi connectivity index (χ0) is 17.3. The van der Waals surface area contributed by atoms with E-state index in [1.54, 1.807) is 6.92 Å². The molecule has 0 bridgehead atoms. The van der Waals surface area contributed by atoms with E-state index in [-0.39, 0.29) is 17.2 Å². The molecule has 2 aliphatic rings. The van der Waals surface area contributed by atoms with Crippen LogP contribution in [0, 0.1) is 5.41 Å². The maximum absolute atomic E-state index is 11.1. The average Bonchev–Trinajstić information content (AvgIpc) is 2.80. The predicted molar refractivity (Wildman–Crippen MR) is 83.4 cm³/mol. The van der Waals surface area contributed by atoms with Crippen LogP contribution >= 0.6 is 0 Å². The molecule has 1 fully saturated rings. The van der Waals surface area contributed by atoms with Crippen LogP contribution in [0.3, 0.4) is 0 Å². The molecule has 0 atom stereocenters. The first-order valence-corrected chi connectivity index (χ1v) is 7.85. The standard InChI is InChI=1S/C10H14N2O3.C6H10O2/c13-8-11-6-2-1-3-7-12-9(14)4-5-10(12)15;1-6(5(7)8)3-2-4-6/h4-5,8H,1-3,6-7H2,(H,11,13);2-4H2,1H3,(H,7,8). The number of rotatable bonds is 8. The minimum Gasteiger partial charge on any atom is -0.481 e. The fraction of sp³-hybridized carbons (Fsp3) is 0.625. The van der Waals surface area contributed by atoms with Gasteiger partial charge in [0.15, 0.2) is 0 Å². The molecular weight excluding hydrogens is 300 g/mol. The molecule has 0 saturated heterocycles. The van der Waals surface area contributed by atoms with E-state index in [2.05, 4.69) is 5.32 Å². The molecule has 1 aliphatic carbocycles. The SMILES string of the molecule is CC1(C(=O)O)CCC1.O=CNCCCCCN1C(=O)C=CC1=O. The Morgan fingerprint density at radius 2 is 1.87 bits per heavy atom. The summed E-state index contributed by atoms with van der Waals surface area (Å²) >= 11 is 0. The van der Waals surface area contributed by atoms with Gasteiger partial charge in [-0.3, -0.25) is 24.1 Å². The van der Waals surface area contributed by atoms with E-state index < -0.39 is 5.97 Å². The van der Waals surface area contributed by atoms with Crippen LogP contribution in [-0.2, 0) is 19.2 Å². The van der Waals surface area contributed by atoms with Crippen molar-refractivity contribution in [1.82, 2.24) is 10.2 Å². The summed E-state index contributed by atoms with van der Waals surface area (Å²) in [5.74, 6) is -1.10. The number of hydrogen-bond donors (Lipinski definition) is 2. The average molecular weight is 324 g/mol. The molecule has 0 aromatic rings. The van der Waals surface area contributed by atoms with Gasteiger partial charge in [-0.25, -0.2) is 0 Å². The molecule has 2 N–H and O–H groups in total. The molecule has 23 heavy (non-hydrogen) atoms. The molecule has 1 aliphatic heterocycles. The van der Waals surface area contributed by atoms with E-state index in [4.69, 9.17) is 5.11 Å². The van der Waals surface area contributed by atoms with Crippen molar-refractivity contribution in [3.8, 4) is 0 Å². The summed E-state index contributed by atoms with van der Waals surface area (Å²) in [4.78, 5) is 43.7. The smallest absolute Gasteiger partial charge is 0.309 e. The van der Waals surface area contributed by atoms with Crippen molar-refractivity contribution >= 4 is 24.2 Å². The molecule has 1 heterocycles. The summed E-state index contributed by atoms with van der Waals surface area (Å²) in [6, 6.07) is 0. The van der Waals surface area contributed by atoms with Crippen molar-refractivity contribution in [2.24, 2.45) is 5.41 Å². The lowest BCUT2D eigenvalue weighted by molar-refractivity contribution is -0.152. The Bertz CT molecular complexity index is 465. The van der Waals surface area contributed by atoms with Crippen LogP contribution in [0.2, 0.25) is 0 Å². The summed E-state index contributed by atoms with van der Waals surface area (Å²) in [5, 5.41) is 11.0. The molecule has 0 radical (unpaired) electrons. The fourth-order valence-electron chi connectivity index (χ4n) is 2.31. The van der Waals surface area contributed by atoms with Gasteiger partial charge in [0.25, 0.3) is 11.8 Å². The Labute approximate surface area is 135 Å². The van der Waals surface area contributed by atoms with E-state index in [1.165, 1.54) is 17.1 Å². The number of carboxylic acids is 1. The lowest BCUT2D eigenvalue weighted by atomic mass is 9.71. The lowest BCUT2D eigenvalue weighted by Gasteiger charge is -2.33. The molecule has 0 spiro atoms. The lowest BCUT2D eigenvalue weighted by Crippen LogP contribution is -2.34. The number of imide groups is 1. The van der Waals surface area contributed by atoms with E-state index in [9.17, 15) is 19.2 Å². The summed E-state index contributed by atoms with van der Waals surface area (Å²) < 4.78 is 0. The van der Waals surface area contributed by atoms with Gasteiger partial charge < -0.3 is 10.4 Å². The molecule has 2 rings (SSSR count). The van der Waals surface area contributed by atoms with Crippen molar-refractivity contribution in [2.45, 2.75) is 45.4 Å². The van der Waals surface area contributed by atoms with Crippen LogP contribution in [0.4, 0.5) is 0 Å². The minimum absolute atomic E-state index is 0.231. The second kappa shape index (κ2) is 9.07. The maximum Gasteiger partial charge on any atom is 0.309 e. The third-order valence-electron chi connectivity index (χ3n) is 4.16. The zero-order valence-corrected chi connectivity index (χ0v) is 13.4. The minimum atomic E-state index is -0.635. The maximum atomic E-state index is 11.1. The van der Waals surface area contributed by atoms with Crippen LogP contribution in [0.5, 0.6) is 0 Å². The second-order valence-corrected chi connectivity index (χ2v) is 6.01. The quantitative estimate of drug-likeness (QED) is 0.395. The predicted octanol–water partition coefficient (Wildman–Crippen LogP) is 1.09. The number of nitrogens with one attached hydrogen (secondary N) is 1. The Kier molecular flexibility index (Phi) is 7.44. The summed E-state index contributed by atoms with van der Waals surface area (Å²) in [6.07, 6.45) is 8.58. The number of carboxylic acid groups (broad SMARTS) is 1. The van der Waals surface area contributed by atoms with Crippen molar-refractivity contribution in [1.29, 1.82) is 0 Å². The Hall–Kier alpha value is -2.18.